The van der Waals surface area contributed by atoms with Gasteiger partial charge in [0.25, 0.3) is 0 Å². The van der Waals surface area contributed by atoms with Crippen LogP contribution in [0.2, 0.25) is 0 Å². The molecule has 0 bridgehead atoms. The van der Waals surface area contributed by atoms with Crippen LogP contribution in [0, 0.1) is 12.8 Å². The van der Waals surface area contributed by atoms with Crippen molar-refractivity contribution in [1.29, 1.82) is 0 Å². The zero-order valence-corrected chi connectivity index (χ0v) is 12.5. The fraction of sp³-hybridized carbons (Fsp3) is 0.562. The third-order valence-electron chi connectivity index (χ3n) is 3.82. The highest BCUT2D eigenvalue weighted by molar-refractivity contribution is 5.91. The largest absolute Gasteiger partial charge is 0.384 e. The Bertz CT molecular complexity index is 453. The van der Waals surface area contributed by atoms with Crippen LogP contribution in [0.3, 0.4) is 0 Å². The Morgan fingerprint density at radius 1 is 1.45 bits per heavy atom. The molecule has 4 heteroatoms. The lowest BCUT2D eigenvalue weighted by molar-refractivity contribution is -0.115. The van der Waals surface area contributed by atoms with Gasteiger partial charge in [0.15, 0.2) is 0 Å². The van der Waals surface area contributed by atoms with Crippen molar-refractivity contribution in [3.8, 4) is 0 Å². The van der Waals surface area contributed by atoms with E-state index in [9.17, 15) is 4.79 Å². The number of piperidine rings is 1. The van der Waals surface area contributed by atoms with Crippen molar-refractivity contribution >= 4 is 17.3 Å². The lowest BCUT2D eigenvalue weighted by Crippen LogP contribution is -2.33. The van der Waals surface area contributed by atoms with E-state index in [1.807, 2.05) is 25.1 Å². The monoisotopic (exact) mass is 275 g/mol. The van der Waals surface area contributed by atoms with Crippen LogP contribution in [-0.4, -0.2) is 25.5 Å². The fourth-order valence-electron chi connectivity index (χ4n) is 2.49. The summed E-state index contributed by atoms with van der Waals surface area (Å²) in [6.45, 7) is 7.18. The van der Waals surface area contributed by atoms with Crippen molar-refractivity contribution in [2.75, 3.05) is 30.3 Å². The van der Waals surface area contributed by atoms with Gasteiger partial charge < -0.3 is 16.0 Å². The Morgan fingerprint density at radius 2 is 2.30 bits per heavy atom. The SMILES string of the molecule is CCC(=O)Nc1ccc(C)c(NCC2CCCNC2)c1. The minimum Gasteiger partial charge on any atom is -0.384 e. The van der Waals surface area contributed by atoms with E-state index in [0.29, 0.717) is 12.3 Å². The van der Waals surface area contributed by atoms with E-state index >= 15 is 0 Å². The molecular weight excluding hydrogens is 250 g/mol. The van der Waals surface area contributed by atoms with E-state index in [4.69, 9.17) is 0 Å². The highest BCUT2D eigenvalue weighted by Gasteiger charge is 2.13. The zero-order valence-electron chi connectivity index (χ0n) is 12.5. The second-order valence-corrected chi connectivity index (χ2v) is 5.52. The number of hydrogen-bond acceptors (Lipinski definition) is 3. The Kier molecular flexibility index (Phi) is 5.41. The summed E-state index contributed by atoms with van der Waals surface area (Å²) in [5.74, 6) is 0.744. The Morgan fingerprint density at radius 3 is 3.00 bits per heavy atom. The molecule has 1 unspecified atom stereocenters. The maximum atomic E-state index is 11.4. The smallest absolute Gasteiger partial charge is 0.224 e. The summed E-state index contributed by atoms with van der Waals surface area (Å²) in [5.41, 5.74) is 3.19. The summed E-state index contributed by atoms with van der Waals surface area (Å²) in [4.78, 5) is 11.4. The highest BCUT2D eigenvalue weighted by atomic mass is 16.1. The van der Waals surface area contributed by atoms with Crippen LogP contribution in [0.4, 0.5) is 11.4 Å². The van der Waals surface area contributed by atoms with Crippen LogP contribution < -0.4 is 16.0 Å². The first-order valence-electron chi connectivity index (χ1n) is 7.54. The van der Waals surface area contributed by atoms with Crippen molar-refractivity contribution < 1.29 is 4.79 Å². The normalized spacial score (nSPS) is 18.6. The number of benzene rings is 1. The second kappa shape index (κ2) is 7.29. The minimum absolute atomic E-state index is 0.0521. The van der Waals surface area contributed by atoms with E-state index in [-0.39, 0.29) is 5.91 Å². The fourth-order valence-corrected chi connectivity index (χ4v) is 2.49. The van der Waals surface area contributed by atoms with Crippen LogP contribution in [0.25, 0.3) is 0 Å². The van der Waals surface area contributed by atoms with Crippen molar-refractivity contribution in [2.45, 2.75) is 33.1 Å². The molecule has 2 rings (SSSR count). The molecule has 4 nitrogen and oxygen atoms in total. The van der Waals surface area contributed by atoms with Gasteiger partial charge in [0, 0.05) is 24.3 Å². The topological polar surface area (TPSA) is 53.2 Å². The molecule has 1 saturated heterocycles. The summed E-state index contributed by atoms with van der Waals surface area (Å²) in [6, 6.07) is 6.03. The Labute approximate surface area is 121 Å². The van der Waals surface area contributed by atoms with Crippen LogP contribution in [0.1, 0.15) is 31.7 Å². The molecule has 0 spiro atoms. The maximum absolute atomic E-state index is 11.4. The molecule has 20 heavy (non-hydrogen) atoms. The summed E-state index contributed by atoms with van der Waals surface area (Å²) in [5, 5.41) is 9.86. The van der Waals surface area contributed by atoms with Gasteiger partial charge in [0.05, 0.1) is 0 Å². The van der Waals surface area contributed by atoms with E-state index in [2.05, 4.69) is 22.9 Å². The minimum atomic E-state index is 0.0521. The molecule has 3 N–H and O–H groups in total. The number of hydrogen-bond donors (Lipinski definition) is 3. The van der Waals surface area contributed by atoms with E-state index < -0.39 is 0 Å². The number of carbonyl (C=O) groups is 1. The van der Waals surface area contributed by atoms with Gasteiger partial charge in [-0.1, -0.05) is 13.0 Å². The summed E-state index contributed by atoms with van der Waals surface area (Å²) in [7, 11) is 0. The van der Waals surface area contributed by atoms with Crippen LogP contribution in [-0.2, 0) is 4.79 Å². The zero-order chi connectivity index (χ0) is 14.4. The molecule has 1 aromatic carbocycles. The van der Waals surface area contributed by atoms with Crippen LogP contribution in [0.15, 0.2) is 18.2 Å². The third-order valence-corrected chi connectivity index (χ3v) is 3.82. The van der Waals surface area contributed by atoms with Gasteiger partial charge in [-0.3, -0.25) is 4.79 Å². The van der Waals surface area contributed by atoms with Crippen molar-refractivity contribution in [3.63, 3.8) is 0 Å². The first-order chi connectivity index (χ1) is 9.69. The van der Waals surface area contributed by atoms with E-state index in [0.717, 1.165) is 31.0 Å². The highest BCUT2D eigenvalue weighted by Crippen LogP contribution is 2.21. The van der Waals surface area contributed by atoms with Gasteiger partial charge in [-0.2, -0.15) is 0 Å². The predicted molar refractivity (Wildman–Crippen MR) is 84.2 cm³/mol. The molecule has 0 radical (unpaired) electrons. The number of aryl methyl sites for hydroxylation is 1. The van der Waals surface area contributed by atoms with Crippen molar-refractivity contribution in [2.24, 2.45) is 5.92 Å². The quantitative estimate of drug-likeness (QED) is 0.774. The number of nitrogens with one attached hydrogen (secondary N) is 3. The molecule has 0 aliphatic carbocycles. The number of carbonyl (C=O) groups excluding carboxylic acids is 1. The molecular formula is C16H25N3O. The van der Waals surface area contributed by atoms with Gasteiger partial charge in [0.1, 0.15) is 0 Å². The van der Waals surface area contributed by atoms with Crippen molar-refractivity contribution in [3.05, 3.63) is 23.8 Å². The van der Waals surface area contributed by atoms with Gasteiger partial charge in [-0.15, -0.1) is 0 Å². The third kappa shape index (κ3) is 4.23. The molecule has 0 aromatic heterocycles. The van der Waals surface area contributed by atoms with Crippen LogP contribution in [0.5, 0.6) is 0 Å². The molecule has 1 atom stereocenters. The lowest BCUT2D eigenvalue weighted by atomic mass is 9.99. The van der Waals surface area contributed by atoms with Crippen molar-refractivity contribution in [1.82, 2.24) is 5.32 Å². The molecule has 0 saturated carbocycles. The van der Waals surface area contributed by atoms with Gasteiger partial charge in [0.2, 0.25) is 5.91 Å². The number of anilines is 2. The van der Waals surface area contributed by atoms with Gasteiger partial charge in [-0.05, 0) is 56.5 Å². The first kappa shape index (κ1) is 14.9. The lowest BCUT2D eigenvalue weighted by Gasteiger charge is -2.24. The second-order valence-electron chi connectivity index (χ2n) is 5.52. The first-order valence-corrected chi connectivity index (χ1v) is 7.54. The average Bonchev–Trinajstić information content (AvgIpc) is 2.48. The average molecular weight is 275 g/mol. The maximum Gasteiger partial charge on any atom is 0.224 e. The molecule has 1 aliphatic heterocycles. The summed E-state index contributed by atoms with van der Waals surface area (Å²) >= 11 is 0. The number of amides is 1. The molecule has 1 amide bonds. The molecule has 110 valence electrons. The molecule has 1 heterocycles. The Hall–Kier alpha value is -1.55. The predicted octanol–water partition coefficient (Wildman–Crippen LogP) is 2.76. The summed E-state index contributed by atoms with van der Waals surface area (Å²) in [6.07, 6.45) is 3.05. The molecule has 1 aromatic rings. The van der Waals surface area contributed by atoms with E-state index in [1.165, 1.54) is 18.4 Å². The molecule has 1 fully saturated rings. The van der Waals surface area contributed by atoms with Gasteiger partial charge in [-0.25, -0.2) is 0 Å². The van der Waals surface area contributed by atoms with E-state index in [1.54, 1.807) is 0 Å². The molecule has 1 aliphatic rings. The standard InChI is InChI=1S/C16H25N3O/c1-3-16(20)19-14-7-6-12(2)15(9-14)18-11-13-5-4-8-17-10-13/h6-7,9,13,17-18H,3-5,8,10-11H2,1-2H3,(H,19,20). The Balaban J connectivity index is 1.95. The number of rotatable bonds is 5. The van der Waals surface area contributed by atoms with Gasteiger partial charge >= 0.3 is 0 Å². The summed E-state index contributed by atoms with van der Waals surface area (Å²) < 4.78 is 0. The van der Waals surface area contributed by atoms with Crippen LogP contribution >= 0.6 is 0 Å².